The number of rotatable bonds is 3. The molecule has 2 nitrogen and oxygen atoms in total. The molecule has 0 bridgehead atoms. The standard InChI is InChI=1S/C40H26N2/c1-3-14-28(15-4-1)40(29-16-5-2-6-17-29)34-21-8-7-19-33(34)38-35(40)24-23-32-31-20-9-12-27-13-10-22-36(37(27)31)42(39(32)38)30-18-11-25-41-26-30/h1-26H. The van der Waals surface area contributed by atoms with Crippen LogP contribution in [0.25, 0.3) is 33.0 Å². The first-order valence-corrected chi connectivity index (χ1v) is 14.5. The Morgan fingerprint density at radius 1 is 0.500 bits per heavy atom. The fourth-order valence-corrected chi connectivity index (χ4v) is 7.57. The molecule has 9 rings (SSSR count). The van der Waals surface area contributed by atoms with E-state index in [0.717, 1.165) is 5.69 Å². The first-order chi connectivity index (χ1) is 20.9. The van der Waals surface area contributed by atoms with Crippen LogP contribution in [0.1, 0.15) is 22.3 Å². The van der Waals surface area contributed by atoms with Crippen molar-refractivity contribution in [2.75, 3.05) is 4.90 Å². The third-order valence-electron chi connectivity index (χ3n) is 9.14. The summed E-state index contributed by atoms with van der Waals surface area (Å²) in [7, 11) is 0. The number of hydrogen-bond donors (Lipinski definition) is 0. The van der Waals surface area contributed by atoms with E-state index in [1.807, 2.05) is 18.5 Å². The van der Waals surface area contributed by atoms with Gasteiger partial charge in [0.1, 0.15) is 0 Å². The zero-order valence-electron chi connectivity index (χ0n) is 22.9. The molecule has 2 aliphatic rings. The Balaban J connectivity index is 1.48. The summed E-state index contributed by atoms with van der Waals surface area (Å²) >= 11 is 0. The van der Waals surface area contributed by atoms with Gasteiger partial charge < -0.3 is 4.90 Å². The second-order valence-corrected chi connectivity index (χ2v) is 11.1. The summed E-state index contributed by atoms with van der Waals surface area (Å²) < 4.78 is 0. The highest BCUT2D eigenvalue weighted by Gasteiger charge is 2.48. The highest BCUT2D eigenvalue weighted by molar-refractivity contribution is 6.17. The van der Waals surface area contributed by atoms with E-state index < -0.39 is 5.41 Å². The summed E-state index contributed by atoms with van der Waals surface area (Å²) in [5.74, 6) is 0. The average molecular weight is 535 g/mol. The van der Waals surface area contributed by atoms with Gasteiger partial charge in [0.15, 0.2) is 0 Å². The van der Waals surface area contributed by atoms with E-state index >= 15 is 0 Å². The average Bonchev–Trinajstić information content (AvgIpc) is 3.38. The maximum atomic E-state index is 4.57. The van der Waals surface area contributed by atoms with Gasteiger partial charge in [0, 0.05) is 22.7 Å². The number of benzene rings is 6. The molecule has 6 aromatic carbocycles. The Hall–Kier alpha value is -5.47. The lowest BCUT2D eigenvalue weighted by Gasteiger charge is -2.37. The van der Waals surface area contributed by atoms with Gasteiger partial charge in [0.05, 0.1) is 28.7 Å². The number of nitrogens with zero attached hydrogens (tertiary/aromatic N) is 2. The molecule has 1 aromatic heterocycles. The number of aromatic nitrogens is 1. The molecule has 0 spiro atoms. The summed E-state index contributed by atoms with van der Waals surface area (Å²) in [4.78, 5) is 7.02. The molecule has 42 heavy (non-hydrogen) atoms. The summed E-state index contributed by atoms with van der Waals surface area (Å²) in [6, 6.07) is 53.3. The first-order valence-electron chi connectivity index (χ1n) is 14.5. The Morgan fingerprint density at radius 2 is 1.19 bits per heavy atom. The minimum absolute atomic E-state index is 0.451. The van der Waals surface area contributed by atoms with Crippen molar-refractivity contribution < 1.29 is 0 Å². The van der Waals surface area contributed by atoms with Crippen molar-refractivity contribution >= 4 is 27.8 Å². The van der Waals surface area contributed by atoms with Crippen LogP contribution in [0, 0.1) is 0 Å². The molecule has 0 atom stereocenters. The van der Waals surface area contributed by atoms with Crippen molar-refractivity contribution in [3.8, 4) is 22.3 Å². The zero-order valence-corrected chi connectivity index (χ0v) is 22.9. The third-order valence-corrected chi connectivity index (χ3v) is 9.14. The second-order valence-electron chi connectivity index (χ2n) is 11.1. The van der Waals surface area contributed by atoms with Crippen LogP contribution in [0.5, 0.6) is 0 Å². The van der Waals surface area contributed by atoms with Crippen molar-refractivity contribution in [1.29, 1.82) is 0 Å². The summed E-state index contributed by atoms with van der Waals surface area (Å²) in [5.41, 5.74) is 13.2. The van der Waals surface area contributed by atoms with E-state index in [9.17, 15) is 0 Å². The molecule has 0 saturated heterocycles. The maximum Gasteiger partial charge on any atom is 0.0714 e. The number of fused-ring (bicyclic) bond motifs is 6. The molecule has 0 saturated carbocycles. The van der Waals surface area contributed by atoms with Crippen molar-refractivity contribution in [3.63, 3.8) is 0 Å². The van der Waals surface area contributed by atoms with E-state index in [1.54, 1.807) is 0 Å². The van der Waals surface area contributed by atoms with E-state index in [2.05, 4.69) is 149 Å². The molecule has 1 aliphatic carbocycles. The highest BCUT2D eigenvalue weighted by atomic mass is 15.2. The van der Waals surface area contributed by atoms with Crippen molar-refractivity contribution in [2.45, 2.75) is 5.41 Å². The van der Waals surface area contributed by atoms with Crippen LogP contribution in [0.3, 0.4) is 0 Å². The molecule has 1 aliphatic heterocycles. The van der Waals surface area contributed by atoms with E-state index in [1.165, 1.54) is 66.7 Å². The molecule has 0 amide bonds. The molecule has 0 N–H and O–H groups in total. The fraction of sp³-hybridized carbons (Fsp3) is 0.0250. The Morgan fingerprint density at radius 3 is 1.93 bits per heavy atom. The van der Waals surface area contributed by atoms with Crippen molar-refractivity contribution in [1.82, 2.24) is 4.98 Å². The van der Waals surface area contributed by atoms with Gasteiger partial charge in [-0.15, -0.1) is 0 Å². The van der Waals surface area contributed by atoms with E-state index in [4.69, 9.17) is 0 Å². The second kappa shape index (κ2) is 8.76. The van der Waals surface area contributed by atoms with Gasteiger partial charge >= 0.3 is 0 Å². The van der Waals surface area contributed by atoms with Gasteiger partial charge in [-0.2, -0.15) is 0 Å². The lowest BCUT2D eigenvalue weighted by atomic mass is 9.67. The molecule has 196 valence electrons. The van der Waals surface area contributed by atoms with Gasteiger partial charge in [-0.05, 0) is 57.0 Å². The predicted octanol–water partition coefficient (Wildman–Crippen LogP) is 10.0. The normalized spacial score (nSPS) is 13.9. The molecule has 0 unspecified atom stereocenters. The molecule has 7 aromatic rings. The molecule has 2 heterocycles. The van der Waals surface area contributed by atoms with Crippen LogP contribution in [0.2, 0.25) is 0 Å². The number of pyridine rings is 1. The Bertz CT molecular complexity index is 2090. The van der Waals surface area contributed by atoms with Crippen LogP contribution >= 0.6 is 0 Å². The summed E-state index contributed by atoms with van der Waals surface area (Å²) in [6.07, 6.45) is 3.84. The Kier molecular flexibility index (Phi) is 4.85. The summed E-state index contributed by atoms with van der Waals surface area (Å²) in [5, 5.41) is 2.52. The van der Waals surface area contributed by atoms with E-state index in [0.29, 0.717) is 0 Å². The van der Waals surface area contributed by atoms with Crippen molar-refractivity contribution in [2.24, 2.45) is 0 Å². The largest absolute Gasteiger partial charge is 0.307 e. The van der Waals surface area contributed by atoms with E-state index in [-0.39, 0.29) is 0 Å². The van der Waals surface area contributed by atoms with Gasteiger partial charge in [0.2, 0.25) is 0 Å². The van der Waals surface area contributed by atoms with Crippen LogP contribution in [0.4, 0.5) is 17.1 Å². The fourth-order valence-electron chi connectivity index (χ4n) is 7.57. The van der Waals surface area contributed by atoms with Crippen LogP contribution in [0.15, 0.2) is 158 Å². The highest BCUT2D eigenvalue weighted by Crippen LogP contribution is 2.63. The van der Waals surface area contributed by atoms with Gasteiger partial charge in [-0.25, -0.2) is 0 Å². The molecule has 2 heteroatoms. The molecule has 0 fully saturated rings. The maximum absolute atomic E-state index is 4.57. The zero-order chi connectivity index (χ0) is 27.7. The lowest BCUT2D eigenvalue weighted by molar-refractivity contribution is 0.768. The molecular formula is C40H26N2. The van der Waals surface area contributed by atoms with Crippen LogP contribution in [-0.2, 0) is 5.41 Å². The van der Waals surface area contributed by atoms with Crippen LogP contribution < -0.4 is 4.90 Å². The van der Waals surface area contributed by atoms with Crippen molar-refractivity contribution in [3.05, 3.63) is 180 Å². The first kappa shape index (κ1) is 23.3. The molecular weight excluding hydrogens is 508 g/mol. The van der Waals surface area contributed by atoms with Gasteiger partial charge in [-0.3, -0.25) is 4.98 Å². The van der Waals surface area contributed by atoms with Gasteiger partial charge in [0.25, 0.3) is 0 Å². The monoisotopic (exact) mass is 534 g/mol. The topological polar surface area (TPSA) is 16.1 Å². The minimum atomic E-state index is -0.451. The van der Waals surface area contributed by atoms with Crippen LogP contribution in [-0.4, -0.2) is 4.98 Å². The SMILES string of the molecule is c1ccc(C2(c3ccccc3)c3ccccc3-c3c2ccc2c3N(c3cccnc3)c3cccc4cccc-2c34)cc1. The molecule has 0 radical (unpaired) electrons. The summed E-state index contributed by atoms with van der Waals surface area (Å²) in [6.45, 7) is 0. The predicted molar refractivity (Wildman–Crippen MR) is 173 cm³/mol. The lowest BCUT2D eigenvalue weighted by Crippen LogP contribution is -2.28. The quantitative estimate of drug-likeness (QED) is 0.224. The number of anilines is 3. The smallest absolute Gasteiger partial charge is 0.0714 e. The number of hydrogen-bond acceptors (Lipinski definition) is 2. The van der Waals surface area contributed by atoms with Gasteiger partial charge in [-0.1, -0.05) is 127 Å². The Labute approximate surface area is 245 Å². The third kappa shape index (κ3) is 2.96. The minimum Gasteiger partial charge on any atom is -0.307 e.